The highest BCUT2D eigenvalue weighted by Crippen LogP contribution is 2.32. The molecule has 0 radical (unpaired) electrons. The number of carbonyl (C=O) groups excluding carboxylic acids is 3. The molecule has 60 heavy (non-hydrogen) atoms. The van der Waals surface area contributed by atoms with Crippen LogP contribution in [0.4, 0.5) is 27.8 Å². The van der Waals surface area contributed by atoms with Crippen molar-refractivity contribution in [3.63, 3.8) is 0 Å². The van der Waals surface area contributed by atoms with Crippen LogP contribution in [0.25, 0.3) is 11.3 Å². The zero-order valence-electron chi connectivity index (χ0n) is 35.2. The van der Waals surface area contributed by atoms with Gasteiger partial charge in [-0.05, 0) is 143 Å². The van der Waals surface area contributed by atoms with Crippen LogP contribution in [-0.4, -0.2) is 102 Å². The van der Waals surface area contributed by atoms with E-state index < -0.39 is 0 Å². The molecule has 3 aromatic carbocycles. The minimum Gasteiger partial charge on any atom is -0.374 e. The molecule has 4 saturated heterocycles. The molecule has 0 spiro atoms. The number of nitrogens with zero attached hydrogens (tertiary/aromatic N) is 5. The number of urea groups is 1. The van der Waals surface area contributed by atoms with Crippen molar-refractivity contribution >= 4 is 40.9 Å². The summed E-state index contributed by atoms with van der Waals surface area (Å²) in [6, 6.07) is 24.8. The number of hydrogen-bond acceptors (Lipinski definition) is 10. The van der Waals surface area contributed by atoms with Crippen LogP contribution in [0.15, 0.2) is 79.0 Å². The predicted molar refractivity (Wildman–Crippen MR) is 235 cm³/mol. The standard InChI is InChI=1S/C47H59N9O4/c1-31(2)60-41-29-56(30-41)47(59)49-27-37-5-4-36(26-32(37)3)42-16-21-48-46(52-42)51-39-10-12-40(13-11-39)55-24-17-33(18-25-55)28-54-22-19-35(20-23-54)34-6-8-38(9-7-34)50-43-14-15-44(57)53-45(43)58/h4-13,16,21,26,31,33,35,41,43,50H,14-15,17-20,22-25,27-30H2,1-3H3,(H,49,59)(H,48,51,52)(H,53,57,58). The lowest BCUT2D eigenvalue weighted by molar-refractivity contribution is -0.133. The number of hydrogen-bond donors (Lipinski definition) is 4. The molecule has 1 unspecified atom stereocenters. The third kappa shape index (κ3) is 10.4. The Labute approximate surface area is 353 Å². The minimum atomic E-state index is -0.357. The molecule has 1 atom stereocenters. The van der Waals surface area contributed by atoms with E-state index >= 15 is 0 Å². The molecule has 13 nitrogen and oxygen atoms in total. The van der Waals surface area contributed by atoms with Crippen LogP contribution in [0.1, 0.15) is 75.0 Å². The highest BCUT2D eigenvalue weighted by molar-refractivity contribution is 6.01. The van der Waals surface area contributed by atoms with Crippen LogP contribution < -0.4 is 26.2 Å². The first-order chi connectivity index (χ1) is 29.1. The van der Waals surface area contributed by atoms with E-state index in [1.807, 2.05) is 26.0 Å². The fourth-order valence-electron chi connectivity index (χ4n) is 8.95. The summed E-state index contributed by atoms with van der Waals surface area (Å²) in [5.74, 6) is 1.39. The summed E-state index contributed by atoms with van der Waals surface area (Å²) in [7, 11) is 0. The average molecular weight is 814 g/mol. The maximum absolute atomic E-state index is 12.6. The van der Waals surface area contributed by atoms with E-state index in [9.17, 15) is 14.4 Å². The van der Waals surface area contributed by atoms with E-state index in [2.05, 4.69) is 104 Å². The maximum Gasteiger partial charge on any atom is 0.317 e. The highest BCUT2D eigenvalue weighted by atomic mass is 16.5. The van der Waals surface area contributed by atoms with Crippen molar-refractivity contribution < 1.29 is 19.1 Å². The molecule has 4 amide bonds. The molecule has 13 heteroatoms. The van der Waals surface area contributed by atoms with E-state index in [0.717, 1.165) is 65.9 Å². The van der Waals surface area contributed by atoms with Gasteiger partial charge in [-0.25, -0.2) is 14.8 Å². The summed E-state index contributed by atoms with van der Waals surface area (Å²) < 4.78 is 5.77. The van der Waals surface area contributed by atoms with Crippen LogP contribution >= 0.6 is 0 Å². The third-order valence-corrected chi connectivity index (χ3v) is 12.5. The van der Waals surface area contributed by atoms with Gasteiger partial charge in [-0.15, -0.1) is 0 Å². The SMILES string of the molecule is Cc1cc(-c2ccnc(Nc3ccc(N4CCC(CN5CCC(c6ccc(NC7CCC(=O)NC7=O)cc6)CC5)CC4)cc3)n2)ccc1CNC(=O)N1CC(OC(C)C)C1. The second-order valence-corrected chi connectivity index (χ2v) is 17.2. The Balaban J connectivity index is 0.751. The van der Waals surface area contributed by atoms with Crippen molar-refractivity contribution in [3.05, 3.63) is 95.7 Å². The Morgan fingerprint density at radius 1 is 0.883 bits per heavy atom. The molecule has 8 rings (SSSR count). The number of imide groups is 1. The average Bonchev–Trinajstić information content (AvgIpc) is 3.24. The quantitative estimate of drug-likeness (QED) is 0.106. The largest absolute Gasteiger partial charge is 0.374 e. The van der Waals surface area contributed by atoms with E-state index in [4.69, 9.17) is 9.72 Å². The lowest BCUT2D eigenvalue weighted by Gasteiger charge is -2.39. The van der Waals surface area contributed by atoms with Crippen LogP contribution in [0.5, 0.6) is 0 Å². The molecule has 0 aliphatic carbocycles. The maximum atomic E-state index is 12.6. The number of piperidine rings is 3. The fraction of sp³-hybridized carbons (Fsp3) is 0.468. The Morgan fingerprint density at radius 2 is 1.62 bits per heavy atom. The molecule has 316 valence electrons. The van der Waals surface area contributed by atoms with Gasteiger partial charge in [0.1, 0.15) is 6.04 Å². The number of benzene rings is 3. The van der Waals surface area contributed by atoms with E-state index in [1.54, 1.807) is 11.1 Å². The van der Waals surface area contributed by atoms with Crippen molar-refractivity contribution in [2.75, 3.05) is 61.3 Å². The Hall–Kier alpha value is -5.53. The van der Waals surface area contributed by atoms with Gasteiger partial charge in [-0.1, -0.05) is 24.3 Å². The molecule has 4 aliphatic heterocycles. The molecule has 0 saturated carbocycles. The van der Waals surface area contributed by atoms with Crippen molar-refractivity contribution in [2.24, 2.45) is 5.92 Å². The second-order valence-electron chi connectivity index (χ2n) is 17.2. The molecule has 4 N–H and O–H groups in total. The van der Waals surface area contributed by atoms with Gasteiger partial charge in [-0.3, -0.25) is 14.9 Å². The number of nitrogens with one attached hydrogen (secondary N) is 4. The van der Waals surface area contributed by atoms with Crippen molar-refractivity contribution in [1.82, 2.24) is 30.4 Å². The zero-order chi connectivity index (χ0) is 41.6. The monoisotopic (exact) mass is 813 g/mol. The second kappa shape index (κ2) is 18.8. The van der Waals surface area contributed by atoms with Gasteiger partial charge in [0.05, 0.1) is 31.0 Å². The van der Waals surface area contributed by atoms with Crippen molar-refractivity contribution in [1.29, 1.82) is 0 Å². The summed E-state index contributed by atoms with van der Waals surface area (Å²) in [6.45, 7) is 13.4. The number of ether oxygens (including phenoxy) is 1. The Kier molecular flexibility index (Phi) is 12.9. The highest BCUT2D eigenvalue weighted by Gasteiger charge is 2.32. The number of anilines is 4. The van der Waals surface area contributed by atoms with Gasteiger partial charge in [0.2, 0.25) is 17.8 Å². The third-order valence-electron chi connectivity index (χ3n) is 12.5. The number of aromatic nitrogens is 2. The fourth-order valence-corrected chi connectivity index (χ4v) is 8.95. The number of amides is 4. The smallest absolute Gasteiger partial charge is 0.317 e. The van der Waals surface area contributed by atoms with E-state index in [-0.39, 0.29) is 36.1 Å². The molecule has 0 bridgehead atoms. The van der Waals surface area contributed by atoms with E-state index in [1.165, 1.54) is 43.5 Å². The van der Waals surface area contributed by atoms with Gasteiger partial charge in [0, 0.05) is 61.4 Å². The number of likely N-dealkylation sites (tertiary alicyclic amines) is 2. The number of aryl methyl sites for hydroxylation is 1. The first-order valence-electron chi connectivity index (χ1n) is 21.8. The van der Waals surface area contributed by atoms with E-state index in [0.29, 0.717) is 44.3 Å². The molecule has 1 aromatic heterocycles. The van der Waals surface area contributed by atoms with Gasteiger partial charge in [0.25, 0.3) is 0 Å². The van der Waals surface area contributed by atoms with Crippen molar-refractivity contribution in [3.8, 4) is 11.3 Å². The van der Waals surface area contributed by atoms with Gasteiger partial charge in [0.15, 0.2) is 0 Å². The molecule has 4 aliphatic rings. The van der Waals surface area contributed by atoms with Crippen LogP contribution in [-0.2, 0) is 20.9 Å². The van der Waals surface area contributed by atoms with Gasteiger partial charge < -0.3 is 35.4 Å². The molecule has 4 fully saturated rings. The van der Waals surface area contributed by atoms with Gasteiger partial charge >= 0.3 is 6.03 Å². The lowest BCUT2D eigenvalue weighted by atomic mass is 9.88. The van der Waals surface area contributed by atoms with Crippen molar-refractivity contribution in [2.45, 2.75) is 90.0 Å². The molecule has 5 heterocycles. The first-order valence-corrected chi connectivity index (χ1v) is 21.8. The summed E-state index contributed by atoms with van der Waals surface area (Å²) >= 11 is 0. The summed E-state index contributed by atoms with van der Waals surface area (Å²) in [6.07, 6.45) is 7.71. The topological polar surface area (TPSA) is 144 Å². The Bertz CT molecular complexity index is 2110. The number of carbonyl (C=O) groups is 3. The molecule has 4 aromatic rings. The minimum absolute atomic E-state index is 0.0594. The summed E-state index contributed by atoms with van der Waals surface area (Å²) in [5, 5.41) is 12.1. The van der Waals surface area contributed by atoms with Crippen LogP contribution in [0.2, 0.25) is 0 Å². The first kappa shape index (κ1) is 41.2. The summed E-state index contributed by atoms with van der Waals surface area (Å²) in [4.78, 5) is 52.5. The Morgan fingerprint density at radius 3 is 2.32 bits per heavy atom. The van der Waals surface area contributed by atoms with Crippen LogP contribution in [0, 0.1) is 12.8 Å². The molecular weight excluding hydrogens is 755 g/mol. The lowest BCUT2D eigenvalue weighted by Crippen LogP contribution is -2.58. The summed E-state index contributed by atoms with van der Waals surface area (Å²) in [5.41, 5.74) is 8.47. The molecular formula is C47H59N9O4. The number of rotatable bonds is 13. The zero-order valence-corrected chi connectivity index (χ0v) is 35.2. The van der Waals surface area contributed by atoms with Crippen LogP contribution in [0.3, 0.4) is 0 Å². The van der Waals surface area contributed by atoms with Gasteiger partial charge in [-0.2, -0.15) is 0 Å². The normalized spacial score (nSPS) is 19.6. The predicted octanol–water partition coefficient (Wildman–Crippen LogP) is 6.83.